The van der Waals surface area contributed by atoms with Crippen LogP contribution >= 0.6 is 27.5 Å². The van der Waals surface area contributed by atoms with Crippen molar-refractivity contribution in [3.63, 3.8) is 0 Å². The molecule has 0 aliphatic carbocycles. The highest BCUT2D eigenvalue weighted by atomic mass is 79.9. The lowest BCUT2D eigenvalue weighted by Gasteiger charge is -2.05. The van der Waals surface area contributed by atoms with Crippen molar-refractivity contribution in [1.82, 2.24) is 0 Å². The number of hydrogen-bond acceptors (Lipinski definition) is 3. The monoisotopic (exact) mass is 334 g/mol. The summed E-state index contributed by atoms with van der Waals surface area (Å²) in [6.07, 6.45) is 2.13. The van der Waals surface area contributed by atoms with E-state index in [0.29, 0.717) is 12.1 Å². The number of carbonyl (C=O) groups is 1. The van der Waals surface area contributed by atoms with E-state index in [9.17, 15) is 14.9 Å². The average Bonchev–Trinajstić information content (AvgIpc) is 2.28. The summed E-state index contributed by atoms with van der Waals surface area (Å²) in [5, 5.41) is 14.1. The molecule has 0 unspecified atom stereocenters. The molecule has 1 N–H and O–H groups in total. The second-order valence-electron chi connectivity index (χ2n) is 3.62. The van der Waals surface area contributed by atoms with E-state index >= 15 is 0 Å². The Morgan fingerprint density at radius 2 is 2.17 bits per heavy atom. The quantitative estimate of drug-likeness (QED) is 0.372. The second kappa shape index (κ2) is 7.33. The van der Waals surface area contributed by atoms with Crippen molar-refractivity contribution in [2.75, 3.05) is 10.6 Å². The average molecular weight is 336 g/mol. The molecular formula is C11H12BrClN2O3. The fraction of sp³-hybridized carbons (Fsp3) is 0.364. The van der Waals surface area contributed by atoms with Gasteiger partial charge in [0, 0.05) is 23.5 Å². The molecule has 0 aliphatic rings. The van der Waals surface area contributed by atoms with Gasteiger partial charge in [-0.2, -0.15) is 0 Å². The second-order valence-corrected chi connectivity index (χ2v) is 4.82. The lowest BCUT2D eigenvalue weighted by atomic mass is 10.2. The van der Waals surface area contributed by atoms with Gasteiger partial charge in [-0.3, -0.25) is 14.9 Å². The third kappa shape index (κ3) is 4.62. The van der Waals surface area contributed by atoms with Gasteiger partial charge in [0.1, 0.15) is 5.02 Å². The van der Waals surface area contributed by atoms with E-state index in [1.807, 2.05) is 0 Å². The summed E-state index contributed by atoms with van der Waals surface area (Å²) in [6, 6.07) is 4.12. The summed E-state index contributed by atoms with van der Waals surface area (Å²) in [4.78, 5) is 21.5. The first kappa shape index (κ1) is 14.9. The maximum absolute atomic E-state index is 11.5. The molecule has 0 atom stereocenters. The molecule has 0 fully saturated rings. The van der Waals surface area contributed by atoms with Gasteiger partial charge in [0.15, 0.2) is 0 Å². The van der Waals surface area contributed by atoms with Crippen LogP contribution in [-0.4, -0.2) is 16.2 Å². The van der Waals surface area contributed by atoms with Crippen molar-refractivity contribution in [1.29, 1.82) is 0 Å². The first-order valence-corrected chi connectivity index (χ1v) is 6.84. The maximum Gasteiger partial charge on any atom is 0.288 e. The van der Waals surface area contributed by atoms with Crippen LogP contribution in [-0.2, 0) is 4.79 Å². The molecule has 7 heteroatoms. The van der Waals surface area contributed by atoms with Crippen molar-refractivity contribution in [2.45, 2.75) is 19.3 Å². The van der Waals surface area contributed by atoms with Crippen LogP contribution in [0, 0.1) is 10.1 Å². The SMILES string of the molecule is O=C(CCCCBr)Nc1ccc([N+](=O)[O-])c(Cl)c1. The van der Waals surface area contributed by atoms with Gasteiger partial charge in [-0.25, -0.2) is 0 Å². The van der Waals surface area contributed by atoms with Crippen LogP contribution in [0.25, 0.3) is 0 Å². The number of hydrogen-bond donors (Lipinski definition) is 1. The molecule has 1 aromatic carbocycles. The molecule has 0 saturated carbocycles. The molecule has 1 rings (SSSR count). The minimum absolute atomic E-state index is 0.0123. The lowest BCUT2D eigenvalue weighted by molar-refractivity contribution is -0.384. The highest BCUT2D eigenvalue weighted by Crippen LogP contribution is 2.27. The number of unbranched alkanes of at least 4 members (excludes halogenated alkanes) is 1. The van der Waals surface area contributed by atoms with E-state index < -0.39 is 4.92 Å². The summed E-state index contributed by atoms with van der Waals surface area (Å²) in [7, 11) is 0. The molecule has 0 bridgehead atoms. The number of nitrogens with one attached hydrogen (secondary N) is 1. The zero-order valence-corrected chi connectivity index (χ0v) is 11.8. The summed E-state index contributed by atoms with van der Waals surface area (Å²) in [5.41, 5.74) is 0.295. The lowest BCUT2D eigenvalue weighted by Crippen LogP contribution is -2.11. The molecule has 0 heterocycles. The molecule has 1 amide bonds. The molecule has 18 heavy (non-hydrogen) atoms. The predicted molar refractivity (Wildman–Crippen MR) is 74.4 cm³/mol. The van der Waals surface area contributed by atoms with Gasteiger partial charge < -0.3 is 5.32 Å². The summed E-state index contributed by atoms with van der Waals surface area (Å²) < 4.78 is 0. The first-order chi connectivity index (χ1) is 8.54. The Bertz CT molecular complexity index is 454. The third-order valence-corrected chi connectivity index (χ3v) is 3.08. The van der Waals surface area contributed by atoms with Crippen LogP contribution in [0.1, 0.15) is 19.3 Å². The van der Waals surface area contributed by atoms with E-state index in [1.54, 1.807) is 0 Å². The Morgan fingerprint density at radius 1 is 1.44 bits per heavy atom. The van der Waals surface area contributed by atoms with Crippen molar-refractivity contribution in [3.8, 4) is 0 Å². The van der Waals surface area contributed by atoms with Crippen molar-refractivity contribution < 1.29 is 9.72 Å². The number of nitro benzene ring substituents is 1. The fourth-order valence-corrected chi connectivity index (χ4v) is 1.98. The zero-order chi connectivity index (χ0) is 13.5. The molecule has 98 valence electrons. The number of halogens is 2. The van der Waals surface area contributed by atoms with Gasteiger partial charge in [-0.1, -0.05) is 27.5 Å². The van der Waals surface area contributed by atoms with Crippen LogP contribution in [0.3, 0.4) is 0 Å². The Labute approximate surface area is 118 Å². The van der Waals surface area contributed by atoms with Crippen LogP contribution < -0.4 is 5.32 Å². The van der Waals surface area contributed by atoms with Crippen LogP contribution in [0.5, 0.6) is 0 Å². The number of nitrogens with zero attached hydrogens (tertiary/aromatic N) is 1. The van der Waals surface area contributed by atoms with Crippen LogP contribution in [0.15, 0.2) is 18.2 Å². The normalized spacial score (nSPS) is 10.1. The van der Waals surface area contributed by atoms with Gasteiger partial charge >= 0.3 is 0 Å². The van der Waals surface area contributed by atoms with Gasteiger partial charge in [0.2, 0.25) is 5.91 Å². The van der Waals surface area contributed by atoms with E-state index in [4.69, 9.17) is 11.6 Å². The standard InChI is InChI=1S/C11H12BrClN2O3/c12-6-2-1-3-11(16)14-8-4-5-10(15(17)18)9(13)7-8/h4-5,7H,1-3,6H2,(H,14,16). The number of nitro groups is 1. The van der Waals surface area contributed by atoms with Crippen molar-refractivity contribution >= 4 is 44.8 Å². The van der Waals surface area contributed by atoms with Gasteiger partial charge in [0.25, 0.3) is 5.69 Å². The predicted octanol–water partition coefficient (Wildman–Crippen LogP) is 3.75. The minimum atomic E-state index is -0.566. The summed E-state index contributed by atoms with van der Waals surface area (Å²) in [5.74, 6) is -0.124. The number of rotatable bonds is 6. The molecule has 0 spiro atoms. The van der Waals surface area contributed by atoms with Crippen molar-refractivity contribution in [3.05, 3.63) is 33.3 Å². The van der Waals surface area contributed by atoms with Crippen LogP contribution in [0.4, 0.5) is 11.4 Å². The number of anilines is 1. The molecule has 0 aliphatic heterocycles. The molecule has 1 aromatic rings. The number of amides is 1. The van der Waals surface area contributed by atoms with Crippen LogP contribution in [0.2, 0.25) is 5.02 Å². The van der Waals surface area contributed by atoms with Gasteiger partial charge in [-0.05, 0) is 25.0 Å². The van der Waals surface area contributed by atoms with E-state index in [-0.39, 0.29) is 16.6 Å². The molecule has 0 saturated heterocycles. The molecular weight excluding hydrogens is 323 g/mol. The highest BCUT2D eigenvalue weighted by Gasteiger charge is 2.12. The van der Waals surface area contributed by atoms with E-state index in [1.165, 1.54) is 18.2 Å². The van der Waals surface area contributed by atoms with Gasteiger partial charge in [0.05, 0.1) is 4.92 Å². The van der Waals surface area contributed by atoms with Gasteiger partial charge in [-0.15, -0.1) is 0 Å². The smallest absolute Gasteiger partial charge is 0.288 e. The Hall–Kier alpha value is -1.14. The number of carbonyl (C=O) groups excluding carboxylic acids is 1. The number of alkyl halides is 1. The largest absolute Gasteiger partial charge is 0.326 e. The molecule has 5 nitrogen and oxygen atoms in total. The summed E-state index contributed by atoms with van der Waals surface area (Å²) in [6.45, 7) is 0. The zero-order valence-electron chi connectivity index (χ0n) is 9.49. The summed E-state index contributed by atoms with van der Waals surface area (Å²) >= 11 is 9.02. The minimum Gasteiger partial charge on any atom is -0.326 e. The topological polar surface area (TPSA) is 72.2 Å². The van der Waals surface area contributed by atoms with E-state index in [2.05, 4.69) is 21.2 Å². The Balaban J connectivity index is 2.60. The highest BCUT2D eigenvalue weighted by molar-refractivity contribution is 9.09. The number of benzene rings is 1. The third-order valence-electron chi connectivity index (χ3n) is 2.22. The Morgan fingerprint density at radius 3 is 2.72 bits per heavy atom. The van der Waals surface area contributed by atoms with Crippen molar-refractivity contribution in [2.24, 2.45) is 0 Å². The first-order valence-electron chi connectivity index (χ1n) is 5.34. The Kier molecular flexibility index (Phi) is 6.07. The molecule has 0 radical (unpaired) electrons. The fourth-order valence-electron chi connectivity index (χ4n) is 1.34. The maximum atomic E-state index is 11.5. The van der Waals surface area contributed by atoms with E-state index in [0.717, 1.165) is 18.2 Å². The molecule has 0 aromatic heterocycles.